The van der Waals surface area contributed by atoms with Gasteiger partial charge >= 0.3 is 0 Å². The van der Waals surface area contributed by atoms with Crippen molar-refractivity contribution in [3.8, 4) is 0 Å². The highest BCUT2D eigenvalue weighted by molar-refractivity contribution is 7.89. The van der Waals surface area contributed by atoms with Crippen LogP contribution in [0.15, 0.2) is 28.8 Å². The summed E-state index contributed by atoms with van der Waals surface area (Å²) in [4.78, 5) is 2.96. The number of nitrogens with zero attached hydrogens (tertiary/aromatic N) is 1. The molecular formula is C11H16N2O3S. The number of aliphatic hydroxyl groups is 1. The lowest BCUT2D eigenvalue weighted by Gasteiger charge is -2.24. The van der Waals surface area contributed by atoms with E-state index in [9.17, 15) is 8.42 Å². The van der Waals surface area contributed by atoms with Gasteiger partial charge in [-0.15, -0.1) is 0 Å². The van der Waals surface area contributed by atoms with Crippen LogP contribution in [-0.2, 0) is 16.6 Å². The molecule has 0 atom stereocenters. The fourth-order valence-electron chi connectivity index (χ4n) is 1.78. The van der Waals surface area contributed by atoms with E-state index in [1.54, 1.807) is 0 Å². The molecule has 5 nitrogen and oxygen atoms in total. The van der Waals surface area contributed by atoms with Gasteiger partial charge in [0.05, 0.1) is 11.5 Å². The van der Waals surface area contributed by atoms with E-state index in [0.29, 0.717) is 18.8 Å². The number of rotatable bonds is 3. The van der Waals surface area contributed by atoms with Crippen molar-refractivity contribution < 1.29 is 13.5 Å². The Morgan fingerprint density at radius 2 is 2.29 bits per heavy atom. The third-order valence-electron chi connectivity index (χ3n) is 2.92. The lowest BCUT2D eigenvalue weighted by molar-refractivity contribution is 0.277. The molecule has 0 unspecified atom stereocenters. The lowest BCUT2D eigenvalue weighted by atomic mass is 10.1. The van der Waals surface area contributed by atoms with Crippen molar-refractivity contribution in [2.24, 2.45) is 0 Å². The monoisotopic (exact) mass is 256 g/mol. The summed E-state index contributed by atoms with van der Waals surface area (Å²) in [6.45, 7) is 2.76. The van der Waals surface area contributed by atoms with Crippen molar-refractivity contribution in [3.63, 3.8) is 0 Å². The average Bonchev–Trinajstić information content (AvgIpc) is 2.78. The Hall–Kier alpha value is -1.11. The van der Waals surface area contributed by atoms with Crippen LogP contribution in [0.1, 0.15) is 19.0 Å². The number of aromatic nitrogens is 1. The SMILES string of the molecule is CC1=CCN(S(=O)(=O)c2c[nH]c(CO)c2)CC1. The molecular weight excluding hydrogens is 240 g/mol. The van der Waals surface area contributed by atoms with Crippen molar-refractivity contribution in [2.45, 2.75) is 24.8 Å². The quantitative estimate of drug-likeness (QED) is 0.787. The Labute approximate surface area is 101 Å². The number of aliphatic hydroxyl groups excluding tert-OH is 1. The molecule has 0 radical (unpaired) electrons. The molecule has 1 aliphatic heterocycles. The molecule has 0 bridgehead atoms. The summed E-state index contributed by atoms with van der Waals surface area (Å²) in [6.07, 6.45) is 4.13. The van der Waals surface area contributed by atoms with Gasteiger partial charge in [0.15, 0.2) is 0 Å². The van der Waals surface area contributed by atoms with E-state index in [1.165, 1.54) is 22.1 Å². The van der Waals surface area contributed by atoms with Crippen LogP contribution in [0.25, 0.3) is 0 Å². The lowest BCUT2D eigenvalue weighted by Crippen LogP contribution is -2.34. The van der Waals surface area contributed by atoms with Crippen LogP contribution in [0.5, 0.6) is 0 Å². The Kier molecular flexibility index (Phi) is 3.37. The Morgan fingerprint density at radius 3 is 2.82 bits per heavy atom. The van der Waals surface area contributed by atoms with Crippen LogP contribution in [0.2, 0.25) is 0 Å². The number of sulfonamides is 1. The van der Waals surface area contributed by atoms with Crippen LogP contribution in [0.3, 0.4) is 0 Å². The zero-order valence-corrected chi connectivity index (χ0v) is 10.5. The molecule has 0 aliphatic carbocycles. The normalized spacial score (nSPS) is 18.1. The Bertz CT molecular complexity index is 531. The maximum atomic E-state index is 12.2. The van der Waals surface area contributed by atoms with Gasteiger partial charge in [-0.2, -0.15) is 4.31 Å². The van der Waals surface area contributed by atoms with Gasteiger partial charge in [-0.3, -0.25) is 0 Å². The Balaban J connectivity index is 2.24. The number of hydrogen-bond donors (Lipinski definition) is 2. The van der Waals surface area contributed by atoms with Gasteiger partial charge in [-0.25, -0.2) is 8.42 Å². The molecule has 6 heteroatoms. The second-order valence-electron chi connectivity index (χ2n) is 4.18. The number of hydrogen-bond acceptors (Lipinski definition) is 3. The molecule has 1 aromatic heterocycles. The molecule has 1 aliphatic rings. The predicted molar refractivity (Wildman–Crippen MR) is 63.8 cm³/mol. The van der Waals surface area contributed by atoms with E-state index < -0.39 is 10.0 Å². The number of nitrogens with one attached hydrogen (secondary N) is 1. The zero-order chi connectivity index (χ0) is 12.5. The second-order valence-corrected chi connectivity index (χ2v) is 6.12. The predicted octanol–water partition coefficient (Wildman–Crippen LogP) is 0.848. The van der Waals surface area contributed by atoms with E-state index in [0.717, 1.165) is 6.42 Å². The second kappa shape index (κ2) is 4.64. The molecule has 0 amide bonds. The first-order valence-corrected chi connectivity index (χ1v) is 6.92. The fraction of sp³-hybridized carbons (Fsp3) is 0.455. The van der Waals surface area contributed by atoms with Crippen LogP contribution >= 0.6 is 0 Å². The van der Waals surface area contributed by atoms with Gasteiger partial charge in [-0.1, -0.05) is 11.6 Å². The van der Waals surface area contributed by atoms with Crippen molar-refractivity contribution in [1.82, 2.24) is 9.29 Å². The minimum Gasteiger partial charge on any atom is -0.390 e. The number of H-pyrrole nitrogens is 1. The van der Waals surface area contributed by atoms with Gasteiger partial charge in [0.25, 0.3) is 0 Å². The summed E-state index contributed by atoms with van der Waals surface area (Å²) in [6, 6.07) is 1.47. The van der Waals surface area contributed by atoms with Gasteiger partial charge in [0, 0.05) is 25.0 Å². The van der Waals surface area contributed by atoms with Crippen LogP contribution in [0, 0.1) is 0 Å². The summed E-state index contributed by atoms with van der Waals surface area (Å²) in [5.74, 6) is 0. The molecule has 2 N–H and O–H groups in total. The van der Waals surface area contributed by atoms with Crippen LogP contribution in [0.4, 0.5) is 0 Å². The summed E-state index contributed by atoms with van der Waals surface area (Å²) < 4.78 is 25.9. The fourth-order valence-corrected chi connectivity index (χ4v) is 3.18. The summed E-state index contributed by atoms with van der Waals surface area (Å²) in [7, 11) is -3.43. The van der Waals surface area contributed by atoms with E-state index in [4.69, 9.17) is 5.11 Å². The van der Waals surface area contributed by atoms with Gasteiger partial charge in [0.1, 0.15) is 0 Å². The Morgan fingerprint density at radius 1 is 1.53 bits per heavy atom. The molecule has 2 rings (SSSR count). The zero-order valence-electron chi connectivity index (χ0n) is 9.68. The third-order valence-corrected chi connectivity index (χ3v) is 4.77. The molecule has 0 saturated carbocycles. The molecule has 17 heavy (non-hydrogen) atoms. The highest BCUT2D eigenvalue weighted by Gasteiger charge is 2.26. The minimum absolute atomic E-state index is 0.186. The smallest absolute Gasteiger partial charge is 0.244 e. The molecule has 94 valence electrons. The molecule has 0 spiro atoms. The van der Waals surface area contributed by atoms with E-state index in [-0.39, 0.29) is 11.5 Å². The molecule has 0 fully saturated rings. The first-order valence-electron chi connectivity index (χ1n) is 5.48. The summed E-state index contributed by atoms with van der Waals surface area (Å²) in [5, 5.41) is 8.91. The van der Waals surface area contributed by atoms with Crippen molar-refractivity contribution >= 4 is 10.0 Å². The maximum Gasteiger partial charge on any atom is 0.244 e. The van der Waals surface area contributed by atoms with Crippen molar-refractivity contribution in [2.75, 3.05) is 13.1 Å². The van der Waals surface area contributed by atoms with Crippen LogP contribution < -0.4 is 0 Å². The molecule has 1 aromatic rings. The maximum absolute atomic E-state index is 12.2. The van der Waals surface area contributed by atoms with E-state index in [1.807, 2.05) is 13.0 Å². The number of aromatic amines is 1. The van der Waals surface area contributed by atoms with Gasteiger partial charge < -0.3 is 10.1 Å². The van der Waals surface area contributed by atoms with Gasteiger partial charge in [-0.05, 0) is 19.4 Å². The largest absolute Gasteiger partial charge is 0.390 e. The van der Waals surface area contributed by atoms with E-state index in [2.05, 4.69) is 4.98 Å². The first-order chi connectivity index (χ1) is 8.04. The minimum atomic E-state index is -3.43. The molecule has 2 heterocycles. The first kappa shape index (κ1) is 12.3. The summed E-state index contributed by atoms with van der Waals surface area (Å²) in [5.41, 5.74) is 1.73. The third kappa shape index (κ3) is 2.43. The van der Waals surface area contributed by atoms with Gasteiger partial charge in [0.2, 0.25) is 10.0 Å². The van der Waals surface area contributed by atoms with Crippen molar-refractivity contribution in [3.05, 3.63) is 29.6 Å². The van der Waals surface area contributed by atoms with Crippen LogP contribution in [-0.4, -0.2) is 35.9 Å². The summed E-state index contributed by atoms with van der Waals surface area (Å²) >= 11 is 0. The average molecular weight is 256 g/mol. The van der Waals surface area contributed by atoms with E-state index >= 15 is 0 Å². The highest BCUT2D eigenvalue weighted by atomic mass is 32.2. The molecule has 0 saturated heterocycles. The topological polar surface area (TPSA) is 73.4 Å². The van der Waals surface area contributed by atoms with Crippen molar-refractivity contribution in [1.29, 1.82) is 0 Å². The highest BCUT2D eigenvalue weighted by Crippen LogP contribution is 2.20. The molecule has 0 aromatic carbocycles. The standard InChI is InChI=1S/C11H16N2O3S/c1-9-2-4-13(5-3-9)17(15,16)11-6-10(8-14)12-7-11/h2,6-7,12,14H,3-5,8H2,1H3.